The molecule has 6 heteroatoms. The van der Waals surface area contributed by atoms with E-state index in [2.05, 4.69) is 32.3 Å². The van der Waals surface area contributed by atoms with Crippen molar-refractivity contribution in [2.75, 3.05) is 24.5 Å². The van der Waals surface area contributed by atoms with Crippen molar-refractivity contribution in [3.63, 3.8) is 0 Å². The van der Waals surface area contributed by atoms with Crippen LogP contribution in [0.4, 0.5) is 5.82 Å². The number of guanidine groups is 1. The van der Waals surface area contributed by atoms with Crippen LogP contribution in [0.2, 0.25) is 0 Å². The second kappa shape index (κ2) is 9.30. The summed E-state index contributed by atoms with van der Waals surface area (Å²) < 4.78 is 0. The van der Waals surface area contributed by atoms with Gasteiger partial charge in [0.1, 0.15) is 5.82 Å². The zero-order valence-corrected chi connectivity index (χ0v) is 16.0. The largest absolute Gasteiger partial charge is 0.370 e. The molecular weight excluding hydrogens is 401 g/mol. The molecular formula is C17H28IN5. The number of nitrogens with two attached hydrogens (primary N) is 1. The third-order valence-electron chi connectivity index (χ3n) is 4.72. The van der Waals surface area contributed by atoms with Crippen molar-refractivity contribution in [3.05, 3.63) is 23.9 Å². The number of rotatable bonds is 5. The SMILES string of the molecule is I.NC(=NCc1ccc(N2CCCCC2)nc1)NCC1CCC1. The summed E-state index contributed by atoms with van der Waals surface area (Å²) in [5.41, 5.74) is 7.01. The van der Waals surface area contributed by atoms with Crippen LogP contribution in [0.1, 0.15) is 44.1 Å². The summed E-state index contributed by atoms with van der Waals surface area (Å²) >= 11 is 0. The van der Waals surface area contributed by atoms with Gasteiger partial charge in [0.2, 0.25) is 0 Å². The minimum absolute atomic E-state index is 0. The zero-order chi connectivity index (χ0) is 15.2. The molecule has 128 valence electrons. The molecule has 1 aromatic rings. The third kappa shape index (κ3) is 5.51. The van der Waals surface area contributed by atoms with Crippen molar-refractivity contribution >= 4 is 35.8 Å². The van der Waals surface area contributed by atoms with Gasteiger partial charge in [-0.25, -0.2) is 9.98 Å². The first kappa shape index (κ1) is 18.3. The number of aliphatic imine (C=N–C) groups is 1. The van der Waals surface area contributed by atoms with Gasteiger partial charge in [-0.15, -0.1) is 24.0 Å². The lowest BCUT2D eigenvalue weighted by molar-refractivity contribution is 0.315. The molecule has 1 saturated carbocycles. The van der Waals surface area contributed by atoms with Gasteiger partial charge in [-0.3, -0.25) is 0 Å². The van der Waals surface area contributed by atoms with Crippen LogP contribution >= 0.6 is 24.0 Å². The second-order valence-corrected chi connectivity index (χ2v) is 6.45. The Morgan fingerprint density at radius 3 is 2.61 bits per heavy atom. The molecule has 1 saturated heterocycles. The van der Waals surface area contributed by atoms with E-state index in [1.807, 2.05) is 6.20 Å². The topological polar surface area (TPSA) is 66.5 Å². The molecule has 1 aliphatic heterocycles. The molecule has 0 unspecified atom stereocenters. The Kier molecular flexibility index (Phi) is 7.39. The number of nitrogens with one attached hydrogen (secondary N) is 1. The molecule has 5 nitrogen and oxygen atoms in total. The average Bonchev–Trinajstić information content (AvgIpc) is 2.53. The van der Waals surface area contributed by atoms with E-state index in [1.165, 1.54) is 38.5 Å². The number of pyridine rings is 1. The maximum absolute atomic E-state index is 5.91. The average molecular weight is 429 g/mol. The lowest BCUT2D eigenvalue weighted by Gasteiger charge is -2.27. The van der Waals surface area contributed by atoms with Gasteiger partial charge in [0.05, 0.1) is 6.54 Å². The predicted octanol–water partition coefficient (Wildman–Crippen LogP) is 2.89. The van der Waals surface area contributed by atoms with Gasteiger partial charge in [0, 0.05) is 25.8 Å². The molecule has 0 radical (unpaired) electrons. The van der Waals surface area contributed by atoms with Gasteiger partial charge < -0.3 is 16.0 Å². The minimum atomic E-state index is 0. The monoisotopic (exact) mass is 429 g/mol. The molecule has 2 heterocycles. The van der Waals surface area contributed by atoms with Crippen molar-refractivity contribution in [1.82, 2.24) is 10.3 Å². The molecule has 0 aromatic carbocycles. The molecule has 1 aliphatic carbocycles. The van der Waals surface area contributed by atoms with Crippen LogP contribution in [0.3, 0.4) is 0 Å². The Balaban J connectivity index is 0.00000192. The van der Waals surface area contributed by atoms with Crippen LogP contribution in [-0.2, 0) is 6.54 Å². The van der Waals surface area contributed by atoms with Crippen molar-refractivity contribution in [3.8, 4) is 0 Å². The van der Waals surface area contributed by atoms with Crippen molar-refractivity contribution in [2.45, 2.75) is 45.1 Å². The maximum atomic E-state index is 5.91. The van der Waals surface area contributed by atoms with Crippen LogP contribution in [-0.4, -0.2) is 30.6 Å². The number of hydrogen-bond acceptors (Lipinski definition) is 3. The molecule has 23 heavy (non-hydrogen) atoms. The summed E-state index contributed by atoms with van der Waals surface area (Å²) in [6.45, 7) is 3.81. The number of anilines is 1. The van der Waals surface area contributed by atoms with Gasteiger partial charge in [-0.2, -0.15) is 0 Å². The van der Waals surface area contributed by atoms with Crippen molar-refractivity contribution in [1.29, 1.82) is 0 Å². The standard InChI is InChI=1S/C17H27N5.HI/c18-17(20-11-14-5-4-6-14)21-13-15-7-8-16(19-12-15)22-9-2-1-3-10-22;/h7-8,12,14H,1-6,9-11,13H2,(H3,18,20,21);1H. The molecule has 1 aromatic heterocycles. The smallest absolute Gasteiger partial charge is 0.188 e. The van der Waals surface area contributed by atoms with Crippen molar-refractivity contribution < 1.29 is 0 Å². The molecule has 3 N–H and O–H groups in total. The van der Waals surface area contributed by atoms with Gasteiger partial charge in [-0.05, 0) is 49.7 Å². The molecule has 0 atom stereocenters. The second-order valence-electron chi connectivity index (χ2n) is 6.45. The number of piperidine rings is 1. The van der Waals surface area contributed by atoms with Gasteiger partial charge in [0.25, 0.3) is 0 Å². The van der Waals surface area contributed by atoms with Gasteiger partial charge in [-0.1, -0.05) is 12.5 Å². The summed E-state index contributed by atoms with van der Waals surface area (Å²) in [7, 11) is 0. The van der Waals surface area contributed by atoms with E-state index in [9.17, 15) is 0 Å². The Labute approximate surface area is 156 Å². The number of nitrogens with zero attached hydrogens (tertiary/aromatic N) is 3. The maximum Gasteiger partial charge on any atom is 0.188 e. The van der Waals surface area contributed by atoms with E-state index in [0.29, 0.717) is 12.5 Å². The number of halogens is 1. The lowest BCUT2D eigenvalue weighted by Crippen LogP contribution is -2.37. The molecule has 2 aliphatic rings. The normalized spacial score (nSPS) is 19.0. The first-order valence-electron chi connectivity index (χ1n) is 8.55. The fourth-order valence-electron chi connectivity index (χ4n) is 3.00. The van der Waals surface area contributed by atoms with Crippen LogP contribution in [0, 0.1) is 5.92 Å². The van der Waals surface area contributed by atoms with Crippen LogP contribution in [0.15, 0.2) is 23.3 Å². The molecule has 0 spiro atoms. The van der Waals surface area contributed by atoms with Gasteiger partial charge in [0.15, 0.2) is 5.96 Å². The fraction of sp³-hybridized carbons (Fsp3) is 0.647. The highest BCUT2D eigenvalue weighted by molar-refractivity contribution is 14.0. The molecule has 3 rings (SSSR count). The molecule has 0 bridgehead atoms. The Hall–Kier alpha value is -1.05. The van der Waals surface area contributed by atoms with E-state index in [1.54, 1.807) is 0 Å². The highest BCUT2D eigenvalue weighted by Crippen LogP contribution is 2.25. The van der Waals surface area contributed by atoms with E-state index >= 15 is 0 Å². The first-order chi connectivity index (χ1) is 10.8. The van der Waals surface area contributed by atoms with Crippen LogP contribution in [0.5, 0.6) is 0 Å². The Morgan fingerprint density at radius 2 is 2.00 bits per heavy atom. The third-order valence-corrected chi connectivity index (χ3v) is 4.72. The fourth-order valence-corrected chi connectivity index (χ4v) is 3.00. The van der Waals surface area contributed by atoms with E-state index in [-0.39, 0.29) is 24.0 Å². The Bertz CT molecular complexity index is 492. The van der Waals surface area contributed by atoms with E-state index in [0.717, 1.165) is 36.9 Å². The lowest BCUT2D eigenvalue weighted by atomic mass is 9.85. The minimum Gasteiger partial charge on any atom is -0.370 e. The summed E-state index contributed by atoms with van der Waals surface area (Å²) in [6.07, 6.45) is 9.82. The molecule has 0 amide bonds. The first-order valence-corrected chi connectivity index (χ1v) is 8.55. The van der Waals surface area contributed by atoms with E-state index in [4.69, 9.17) is 5.73 Å². The highest BCUT2D eigenvalue weighted by Gasteiger charge is 2.16. The van der Waals surface area contributed by atoms with Crippen LogP contribution in [0.25, 0.3) is 0 Å². The predicted molar refractivity (Wildman–Crippen MR) is 106 cm³/mol. The van der Waals surface area contributed by atoms with E-state index < -0.39 is 0 Å². The zero-order valence-electron chi connectivity index (χ0n) is 13.7. The summed E-state index contributed by atoms with van der Waals surface area (Å²) in [6, 6.07) is 4.22. The van der Waals surface area contributed by atoms with Crippen molar-refractivity contribution in [2.24, 2.45) is 16.6 Å². The summed E-state index contributed by atoms with van der Waals surface area (Å²) in [5.74, 6) is 2.43. The highest BCUT2D eigenvalue weighted by atomic mass is 127. The number of aromatic nitrogens is 1. The Morgan fingerprint density at radius 1 is 1.22 bits per heavy atom. The summed E-state index contributed by atoms with van der Waals surface area (Å²) in [5, 5.41) is 3.22. The summed E-state index contributed by atoms with van der Waals surface area (Å²) in [4.78, 5) is 11.3. The van der Waals surface area contributed by atoms with Gasteiger partial charge >= 0.3 is 0 Å². The quantitative estimate of drug-likeness (QED) is 0.429. The molecule has 2 fully saturated rings. The van der Waals surface area contributed by atoms with Crippen LogP contribution < -0.4 is 16.0 Å². The number of hydrogen-bond donors (Lipinski definition) is 2.